The van der Waals surface area contributed by atoms with Gasteiger partial charge >= 0.3 is 0 Å². The van der Waals surface area contributed by atoms with Gasteiger partial charge in [0.25, 0.3) is 0 Å². The Bertz CT molecular complexity index is 2870. The topological polar surface area (TPSA) is 414 Å². The van der Waals surface area contributed by atoms with E-state index in [9.17, 15) is 47.9 Å². The number of rotatable bonds is 16. The first-order chi connectivity index (χ1) is 39.3. The summed E-state index contributed by atoms with van der Waals surface area (Å²) in [4.78, 5) is 154. The van der Waals surface area contributed by atoms with Gasteiger partial charge in [0.2, 0.25) is 59.1 Å². The first-order valence-corrected chi connectivity index (χ1v) is 27.9. The summed E-state index contributed by atoms with van der Waals surface area (Å²) in [7, 11) is 0. The number of guanidine groups is 1. The molecule has 8 atom stereocenters. The third kappa shape index (κ3) is 19.8. The molecule has 2 aromatic carbocycles. The fourth-order valence-corrected chi connectivity index (χ4v) is 10.1. The number of nitrogens with one attached hydrogen (secondary N) is 11. The molecule has 1 aliphatic carbocycles. The van der Waals surface area contributed by atoms with E-state index in [0.717, 1.165) is 43.0 Å². The second-order valence-corrected chi connectivity index (χ2v) is 21.0. The number of fused-ring (bicyclic) bond motifs is 1. The molecule has 6 rings (SSSR count). The highest BCUT2D eigenvalue weighted by atomic mass is 16.2. The van der Waals surface area contributed by atoms with Gasteiger partial charge < -0.3 is 75.0 Å². The molecule has 1 saturated heterocycles. The summed E-state index contributed by atoms with van der Waals surface area (Å²) >= 11 is 0. The standard InChI is InChI=1S/C56H78N16O10/c1-32-49(76)67-40(48(57)75)20-11-12-22-61-47(74)28-46(72-52(79)42(66-33(2)73)24-34-14-5-3-6-15-34)55(82)71-45(27-37-30-60-31-64-37)54(81)69-43(25-35-16-7-4-8-17-35)53(80)68-41(21-13-23-62-56(58)59)50(77)70-44(51(78)65-32)26-36-29-63-39-19-10-9-18-38(36)39/h4,7-10,16-19,29-32,34,40-46,63H,3,5-6,11-15,20-28H2,1-2H3,(H2,57,75)(H,60,64)(H,61,74)(H,65,78)(H,66,73)(H,67,76)(H,68,80)(H,69,81)(H,70,77)(H,71,82)(H,72,79)(H4,58,59,62)/t32-,40-,41-,42-,43+,44+,45-,46-/m0/s1. The van der Waals surface area contributed by atoms with Gasteiger partial charge in [-0.05, 0) is 68.6 Å². The molecule has 17 N–H and O–H groups in total. The van der Waals surface area contributed by atoms with Crippen LogP contribution < -0.4 is 65.1 Å². The molecule has 442 valence electrons. The van der Waals surface area contributed by atoms with Crippen molar-refractivity contribution in [3.63, 3.8) is 0 Å². The molecule has 82 heavy (non-hydrogen) atoms. The van der Waals surface area contributed by atoms with Gasteiger partial charge in [0.05, 0.1) is 12.7 Å². The van der Waals surface area contributed by atoms with Crippen molar-refractivity contribution in [2.45, 2.75) is 158 Å². The molecular weight excluding hydrogens is 1060 g/mol. The number of para-hydroxylation sites is 1. The maximum atomic E-state index is 14.8. The average Bonchev–Trinajstić information content (AvgIpc) is 4.22. The first kappa shape index (κ1) is 62.4. The molecule has 0 radical (unpaired) electrons. The SMILES string of the molecule is CC(=O)N[C@@H](CC1CCCCC1)C(=O)N[C@H]1CC(=O)NCCCC[C@@H](C(N)=O)NC(=O)[C@H](C)NC(=O)[C@@H](Cc2c[nH]c3ccccc23)NC(=O)[C@H](CCCN=C(N)N)NC(=O)[C@@H](Cc2ccccc2)NC(=O)[C@H](Cc2cnc[nH]2)NC1=O. The van der Waals surface area contributed by atoms with Crippen LogP contribution in [0.5, 0.6) is 0 Å². The zero-order chi connectivity index (χ0) is 59.1. The number of aromatic nitrogens is 3. The van der Waals surface area contributed by atoms with Gasteiger partial charge in [-0.25, -0.2) is 4.98 Å². The minimum Gasteiger partial charge on any atom is -0.370 e. The van der Waals surface area contributed by atoms with Gasteiger partial charge in [-0.2, -0.15) is 0 Å². The molecule has 2 fully saturated rings. The van der Waals surface area contributed by atoms with Gasteiger partial charge in [-0.15, -0.1) is 0 Å². The van der Waals surface area contributed by atoms with Crippen LogP contribution in [0.1, 0.15) is 108 Å². The maximum Gasteiger partial charge on any atom is 0.243 e. The van der Waals surface area contributed by atoms with E-state index >= 15 is 0 Å². The minimum absolute atomic E-state index is 0.0274. The Morgan fingerprint density at radius 3 is 2.01 bits per heavy atom. The Kier molecular flexibility index (Phi) is 23.8. The number of hydrogen-bond acceptors (Lipinski definition) is 12. The molecule has 3 heterocycles. The Balaban J connectivity index is 1.37. The van der Waals surface area contributed by atoms with E-state index < -0.39 is 114 Å². The number of carbonyl (C=O) groups is 10. The Morgan fingerprint density at radius 1 is 0.695 bits per heavy atom. The molecule has 26 heteroatoms. The second kappa shape index (κ2) is 31.2. The Labute approximate surface area is 475 Å². The number of nitrogens with two attached hydrogens (primary N) is 3. The molecule has 26 nitrogen and oxygen atoms in total. The molecule has 0 spiro atoms. The minimum atomic E-state index is -1.61. The lowest BCUT2D eigenvalue weighted by molar-refractivity contribution is -0.136. The first-order valence-electron chi connectivity index (χ1n) is 27.9. The van der Waals surface area contributed by atoms with Crippen LogP contribution in [0.4, 0.5) is 0 Å². The highest BCUT2D eigenvalue weighted by Gasteiger charge is 2.36. The highest BCUT2D eigenvalue weighted by molar-refractivity contribution is 5.99. The predicted molar refractivity (Wildman–Crippen MR) is 303 cm³/mol. The summed E-state index contributed by atoms with van der Waals surface area (Å²) in [6, 6.07) is 5.14. The van der Waals surface area contributed by atoms with E-state index in [0.29, 0.717) is 16.8 Å². The third-order valence-electron chi connectivity index (χ3n) is 14.5. The van der Waals surface area contributed by atoms with Crippen LogP contribution >= 0.6 is 0 Å². The Hall–Kier alpha value is -8.84. The summed E-state index contributed by atoms with van der Waals surface area (Å²) in [5.41, 5.74) is 19.3. The zero-order valence-corrected chi connectivity index (χ0v) is 46.4. The molecule has 10 amide bonds. The molecule has 2 aromatic heterocycles. The molecule has 0 unspecified atom stereocenters. The highest BCUT2D eigenvalue weighted by Crippen LogP contribution is 2.28. The summed E-state index contributed by atoms with van der Waals surface area (Å²) in [5, 5.41) is 25.1. The van der Waals surface area contributed by atoms with Crippen molar-refractivity contribution in [3.05, 3.63) is 90.1 Å². The van der Waals surface area contributed by atoms with Gasteiger partial charge in [0.15, 0.2) is 5.96 Å². The van der Waals surface area contributed by atoms with Gasteiger partial charge in [0, 0.05) is 68.3 Å². The number of aromatic amines is 2. The Morgan fingerprint density at radius 2 is 1.33 bits per heavy atom. The van der Waals surface area contributed by atoms with E-state index in [1.165, 1.54) is 26.4 Å². The predicted octanol–water partition coefficient (Wildman–Crippen LogP) is -0.963. The largest absolute Gasteiger partial charge is 0.370 e. The van der Waals surface area contributed by atoms with Crippen molar-refractivity contribution in [1.29, 1.82) is 0 Å². The van der Waals surface area contributed by atoms with Crippen molar-refractivity contribution >= 4 is 75.9 Å². The third-order valence-corrected chi connectivity index (χ3v) is 14.5. The summed E-state index contributed by atoms with van der Waals surface area (Å²) in [6.45, 7) is 2.73. The van der Waals surface area contributed by atoms with E-state index in [1.54, 1.807) is 36.5 Å². The fourth-order valence-electron chi connectivity index (χ4n) is 10.1. The number of benzene rings is 2. The van der Waals surface area contributed by atoms with E-state index in [-0.39, 0.29) is 82.8 Å². The van der Waals surface area contributed by atoms with Crippen LogP contribution in [-0.2, 0) is 67.2 Å². The van der Waals surface area contributed by atoms with Crippen LogP contribution in [-0.4, -0.2) is 141 Å². The van der Waals surface area contributed by atoms with Gasteiger partial charge in [-0.3, -0.25) is 52.9 Å². The van der Waals surface area contributed by atoms with Gasteiger partial charge in [-0.1, -0.05) is 80.6 Å². The quantitative estimate of drug-likeness (QED) is 0.0366. The maximum absolute atomic E-state index is 14.8. The van der Waals surface area contributed by atoms with Crippen molar-refractivity contribution < 1.29 is 47.9 Å². The number of primary amides is 1. The van der Waals surface area contributed by atoms with Crippen LogP contribution in [0.3, 0.4) is 0 Å². The monoisotopic (exact) mass is 1130 g/mol. The number of aliphatic imine (C=N–C) groups is 1. The molecule has 0 bridgehead atoms. The molecule has 2 aliphatic rings. The second-order valence-electron chi connectivity index (χ2n) is 21.0. The number of nitrogens with zero attached hydrogens (tertiary/aromatic N) is 2. The lowest BCUT2D eigenvalue weighted by atomic mass is 9.84. The van der Waals surface area contributed by atoms with E-state index in [4.69, 9.17) is 17.2 Å². The van der Waals surface area contributed by atoms with Crippen LogP contribution in [0.2, 0.25) is 0 Å². The van der Waals surface area contributed by atoms with Crippen LogP contribution in [0, 0.1) is 5.92 Å². The van der Waals surface area contributed by atoms with Crippen LogP contribution in [0.15, 0.2) is 78.3 Å². The van der Waals surface area contributed by atoms with Crippen molar-refractivity contribution in [3.8, 4) is 0 Å². The van der Waals surface area contributed by atoms with Crippen molar-refractivity contribution in [2.75, 3.05) is 13.1 Å². The average molecular weight is 1140 g/mol. The molecular formula is C56H78N16O10. The number of imidazole rings is 1. The lowest BCUT2D eigenvalue weighted by Gasteiger charge is -2.29. The number of carbonyl (C=O) groups excluding carboxylic acids is 10. The fraction of sp³-hybridized carbons (Fsp3) is 0.500. The molecule has 1 aliphatic heterocycles. The zero-order valence-electron chi connectivity index (χ0n) is 46.4. The summed E-state index contributed by atoms with van der Waals surface area (Å²) in [5.74, 6) is -7.89. The van der Waals surface area contributed by atoms with Crippen molar-refractivity contribution in [2.24, 2.45) is 28.1 Å². The van der Waals surface area contributed by atoms with Crippen LogP contribution in [0.25, 0.3) is 10.9 Å². The molecule has 4 aromatic rings. The number of H-pyrrole nitrogens is 2. The van der Waals surface area contributed by atoms with E-state index in [1.807, 2.05) is 24.3 Å². The molecule has 1 saturated carbocycles. The lowest BCUT2D eigenvalue weighted by Crippen LogP contribution is -2.61. The number of amides is 10. The summed E-state index contributed by atoms with van der Waals surface area (Å²) < 4.78 is 0. The number of hydrogen-bond donors (Lipinski definition) is 14. The summed E-state index contributed by atoms with van der Waals surface area (Å²) in [6.07, 6.45) is 8.95. The van der Waals surface area contributed by atoms with Gasteiger partial charge in [0.1, 0.15) is 48.3 Å². The smallest absolute Gasteiger partial charge is 0.243 e. The normalized spacial score (nSPS) is 23.0. The van der Waals surface area contributed by atoms with Crippen molar-refractivity contribution in [1.82, 2.24) is 62.8 Å². The van der Waals surface area contributed by atoms with E-state index in [2.05, 4.69) is 67.8 Å².